The molecule has 6 heteroatoms. The molecule has 0 aromatic carbocycles. The van der Waals surface area contributed by atoms with Crippen LogP contribution in [0.4, 0.5) is 13.2 Å². The van der Waals surface area contributed by atoms with E-state index in [1.54, 1.807) is 14.0 Å². The quantitative estimate of drug-likeness (QED) is 0.845. The lowest BCUT2D eigenvalue weighted by molar-refractivity contribution is -0.138. The van der Waals surface area contributed by atoms with Crippen LogP contribution in [0.25, 0.3) is 0 Å². The molecule has 1 N–H and O–H groups in total. The number of ether oxygens (including phenoxy) is 1. The van der Waals surface area contributed by atoms with Crippen molar-refractivity contribution in [1.82, 2.24) is 9.88 Å². The van der Waals surface area contributed by atoms with Crippen LogP contribution in [0.3, 0.4) is 0 Å². The van der Waals surface area contributed by atoms with Crippen molar-refractivity contribution in [2.75, 3.05) is 26.8 Å². The van der Waals surface area contributed by atoms with Crippen LogP contribution >= 0.6 is 0 Å². The molecule has 120 valence electrons. The Hall–Kier alpha value is -1.01. The van der Waals surface area contributed by atoms with E-state index in [1.807, 2.05) is 4.57 Å². The van der Waals surface area contributed by atoms with Crippen LogP contribution in [-0.2, 0) is 17.5 Å². The number of alkyl halides is 3. The van der Waals surface area contributed by atoms with E-state index < -0.39 is 11.7 Å². The van der Waals surface area contributed by atoms with Gasteiger partial charge in [-0.2, -0.15) is 13.2 Å². The Morgan fingerprint density at radius 2 is 2.19 bits per heavy atom. The summed E-state index contributed by atoms with van der Waals surface area (Å²) in [6, 6.07) is 1.29. The second-order valence-electron chi connectivity index (χ2n) is 5.62. The molecule has 0 spiro atoms. The Labute approximate surface area is 123 Å². The minimum Gasteiger partial charge on any atom is -0.385 e. The number of hydrogen-bond acceptors (Lipinski definition) is 2. The van der Waals surface area contributed by atoms with E-state index in [2.05, 4.69) is 5.32 Å². The van der Waals surface area contributed by atoms with Gasteiger partial charge in [0.25, 0.3) is 0 Å². The van der Waals surface area contributed by atoms with Gasteiger partial charge in [-0.15, -0.1) is 0 Å². The minimum absolute atomic E-state index is 0.0633. The smallest absolute Gasteiger partial charge is 0.385 e. The highest BCUT2D eigenvalue weighted by Gasteiger charge is 2.38. The Kier molecular flexibility index (Phi) is 5.32. The van der Waals surface area contributed by atoms with Crippen LogP contribution < -0.4 is 5.32 Å². The van der Waals surface area contributed by atoms with E-state index in [0.29, 0.717) is 31.1 Å². The number of nitrogens with zero attached hydrogens (tertiary/aromatic N) is 1. The second-order valence-corrected chi connectivity index (χ2v) is 5.62. The summed E-state index contributed by atoms with van der Waals surface area (Å²) >= 11 is 0. The van der Waals surface area contributed by atoms with Crippen molar-refractivity contribution in [2.45, 2.75) is 44.8 Å². The van der Waals surface area contributed by atoms with E-state index in [4.69, 9.17) is 4.74 Å². The maximum Gasteiger partial charge on any atom is 0.418 e. The van der Waals surface area contributed by atoms with Gasteiger partial charge < -0.3 is 14.6 Å². The highest BCUT2D eigenvalue weighted by Crippen LogP contribution is 2.39. The maximum atomic E-state index is 13.3. The average molecular weight is 304 g/mol. The SMILES string of the molecule is COCCCn1c(C)cc(C(F)(F)F)c1[C@@H]1CCCNC1. The van der Waals surface area contributed by atoms with Crippen LogP contribution in [-0.4, -0.2) is 31.4 Å². The third kappa shape index (κ3) is 3.80. The number of aryl methyl sites for hydroxylation is 1. The Balaban J connectivity index is 2.35. The summed E-state index contributed by atoms with van der Waals surface area (Å²) in [5.74, 6) is -0.0633. The fraction of sp³-hybridized carbons (Fsp3) is 0.733. The zero-order valence-corrected chi connectivity index (χ0v) is 12.6. The first-order valence-electron chi connectivity index (χ1n) is 7.42. The van der Waals surface area contributed by atoms with E-state index in [-0.39, 0.29) is 5.92 Å². The highest BCUT2D eigenvalue weighted by atomic mass is 19.4. The van der Waals surface area contributed by atoms with E-state index in [0.717, 1.165) is 25.8 Å². The Morgan fingerprint density at radius 1 is 1.43 bits per heavy atom. The number of rotatable bonds is 5. The largest absolute Gasteiger partial charge is 0.418 e. The number of aromatic nitrogens is 1. The number of hydrogen-bond donors (Lipinski definition) is 1. The summed E-state index contributed by atoms with van der Waals surface area (Å²) in [7, 11) is 1.61. The summed E-state index contributed by atoms with van der Waals surface area (Å²) in [4.78, 5) is 0. The van der Waals surface area contributed by atoms with Crippen molar-refractivity contribution in [1.29, 1.82) is 0 Å². The fourth-order valence-corrected chi connectivity index (χ4v) is 3.11. The molecule has 3 nitrogen and oxygen atoms in total. The molecule has 0 amide bonds. The van der Waals surface area contributed by atoms with Crippen molar-refractivity contribution in [3.63, 3.8) is 0 Å². The number of nitrogens with one attached hydrogen (secondary N) is 1. The number of halogens is 3. The highest BCUT2D eigenvalue weighted by molar-refractivity contribution is 5.33. The topological polar surface area (TPSA) is 26.2 Å². The number of methoxy groups -OCH3 is 1. The van der Waals surface area contributed by atoms with E-state index in [9.17, 15) is 13.2 Å². The van der Waals surface area contributed by atoms with Gasteiger partial charge in [-0.25, -0.2) is 0 Å². The summed E-state index contributed by atoms with van der Waals surface area (Å²) < 4.78 is 46.8. The van der Waals surface area contributed by atoms with Gasteiger partial charge in [0.05, 0.1) is 5.56 Å². The van der Waals surface area contributed by atoms with Crippen molar-refractivity contribution in [3.05, 3.63) is 23.0 Å². The molecule has 0 radical (unpaired) electrons. The Bertz CT molecular complexity index is 462. The first-order valence-corrected chi connectivity index (χ1v) is 7.42. The standard InChI is InChI=1S/C15H23F3N2O/c1-11-9-13(15(16,17)18)14(12-5-3-6-19-10-12)20(11)7-4-8-21-2/h9,12,19H,3-8,10H2,1-2H3/t12-/m1/s1. The molecule has 1 aromatic heterocycles. The Morgan fingerprint density at radius 3 is 2.76 bits per heavy atom. The lowest BCUT2D eigenvalue weighted by Gasteiger charge is -2.26. The number of piperidine rings is 1. The molecule has 2 rings (SSSR count). The first kappa shape index (κ1) is 16.4. The fourth-order valence-electron chi connectivity index (χ4n) is 3.11. The van der Waals surface area contributed by atoms with Gasteiger partial charge in [0.15, 0.2) is 0 Å². The van der Waals surface area contributed by atoms with Gasteiger partial charge in [-0.05, 0) is 38.8 Å². The van der Waals surface area contributed by atoms with Gasteiger partial charge in [0.2, 0.25) is 0 Å². The van der Waals surface area contributed by atoms with Crippen LogP contribution in [0.15, 0.2) is 6.07 Å². The van der Waals surface area contributed by atoms with Gasteiger partial charge >= 0.3 is 6.18 Å². The predicted octanol–water partition coefficient (Wildman–Crippen LogP) is 3.32. The van der Waals surface area contributed by atoms with Crippen molar-refractivity contribution < 1.29 is 17.9 Å². The minimum atomic E-state index is -4.29. The predicted molar refractivity (Wildman–Crippen MR) is 75.5 cm³/mol. The zero-order chi connectivity index (χ0) is 15.5. The summed E-state index contributed by atoms with van der Waals surface area (Å²) in [5, 5.41) is 3.21. The van der Waals surface area contributed by atoms with Crippen molar-refractivity contribution in [3.8, 4) is 0 Å². The molecule has 0 bridgehead atoms. The molecule has 1 fully saturated rings. The lowest BCUT2D eigenvalue weighted by Crippen LogP contribution is -2.31. The van der Waals surface area contributed by atoms with Gasteiger partial charge in [-0.3, -0.25) is 0 Å². The lowest BCUT2D eigenvalue weighted by atomic mass is 9.93. The van der Waals surface area contributed by atoms with Gasteiger partial charge in [0, 0.05) is 44.1 Å². The molecular weight excluding hydrogens is 281 g/mol. The van der Waals surface area contributed by atoms with Crippen molar-refractivity contribution >= 4 is 0 Å². The molecule has 0 unspecified atom stereocenters. The third-order valence-corrected chi connectivity index (χ3v) is 4.06. The van der Waals surface area contributed by atoms with Crippen LogP contribution in [0.1, 0.15) is 42.1 Å². The molecule has 1 aromatic rings. The zero-order valence-electron chi connectivity index (χ0n) is 12.6. The van der Waals surface area contributed by atoms with E-state index >= 15 is 0 Å². The second kappa shape index (κ2) is 6.83. The van der Waals surface area contributed by atoms with Crippen LogP contribution in [0.2, 0.25) is 0 Å². The molecule has 0 saturated carbocycles. The van der Waals surface area contributed by atoms with Crippen molar-refractivity contribution in [2.24, 2.45) is 0 Å². The van der Waals surface area contributed by atoms with E-state index in [1.165, 1.54) is 6.07 Å². The maximum absolute atomic E-state index is 13.3. The molecule has 1 saturated heterocycles. The van der Waals surface area contributed by atoms with Crippen LogP contribution in [0, 0.1) is 6.92 Å². The normalized spacial score (nSPS) is 20.0. The van der Waals surface area contributed by atoms with Gasteiger partial charge in [-0.1, -0.05) is 0 Å². The molecule has 1 aliphatic heterocycles. The molecule has 2 heterocycles. The molecule has 0 aliphatic carbocycles. The summed E-state index contributed by atoms with van der Waals surface area (Å²) in [6.45, 7) is 4.39. The first-order chi connectivity index (χ1) is 9.95. The summed E-state index contributed by atoms with van der Waals surface area (Å²) in [5.41, 5.74) is 0.661. The summed E-state index contributed by atoms with van der Waals surface area (Å²) in [6.07, 6.45) is -1.84. The monoisotopic (exact) mass is 304 g/mol. The average Bonchev–Trinajstić information content (AvgIpc) is 2.77. The molecule has 1 atom stereocenters. The third-order valence-electron chi connectivity index (χ3n) is 4.06. The van der Waals surface area contributed by atoms with Gasteiger partial charge in [0.1, 0.15) is 0 Å². The van der Waals surface area contributed by atoms with Crippen LogP contribution in [0.5, 0.6) is 0 Å². The molecular formula is C15H23F3N2O. The molecule has 21 heavy (non-hydrogen) atoms. The molecule has 1 aliphatic rings.